The Bertz CT molecular complexity index is 1710. The molecule has 0 saturated heterocycles. The van der Waals surface area contributed by atoms with E-state index in [0.29, 0.717) is 23.9 Å². The van der Waals surface area contributed by atoms with Crippen molar-refractivity contribution in [2.75, 3.05) is 40.9 Å². The maximum Gasteiger partial charge on any atom is 0.306 e. The maximum absolute atomic E-state index is 13.6. The SMILES string of the molecule is CCCCC/C=C\C/C=C\C/C=C\C/C=C\CCCCCC(=O)OC(/C=C\CCCCCCCCCCCCC)C(COP(=O)([O-])OCC[N+](C)(C)C)NC(=O)CCCCCCCCCCCC/C=C\C/C=C\C/C=C\CCCCC. The Hall–Kier alpha value is -3.07. The highest BCUT2D eigenvalue weighted by atomic mass is 31.2. The van der Waals surface area contributed by atoms with Crippen molar-refractivity contribution in [2.45, 2.75) is 303 Å². The van der Waals surface area contributed by atoms with Crippen LogP contribution >= 0.6 is 7.82 Å². The normalized spacial score (nSPS) is 14.2. The number of phosphoric acid groups is 1. The molecule has 0 fully saturated rings. The van der Waals surface area contributed by atoms with Crippen molar-refractivity contribution in [3.8, 4) is 0 Å². The lowest BCUT2D eigenvalue weighted by molar-refractivity contribution is -0.870. The predicted octanol–water partition coefficient (Wildman–Crippen LogP) is 20.5. The molecule has 0 heterocycles. The molecule has 0 aromatic rings. The number of unbranched alkanes of at least 4 members (excludes halogenated alkanes) is 30. The highest BCUT2D eigenvalue weighted by Gasteiger charge is 2.27. The molecule has 0 aliphatic rings. The molecule has 468 valence electrons. The maximum atomic E-state index is 13.6. The van der Waals surface area contributed by atoms with Gasteiger partial charge in [-0.15, -0.1) is 0 Å². The fraction of sp³-hybridized carbons (Fsp3) is 0.746. The zero-order valence-electron chi connectivity index (χ0n) is 53.5. The molecule has 0 aliphatic carbocycles. The van der Waals surface area contributed by atoms with E-state index in [0.717, 1.165) is 103 Å². The van der Waals surface area contributed by atoms with Crippen molar-refractivity contribution < 1.29 is 37.3 Å². The second-order valence-corrected chi connectivity index (χ2v) is 25.0. The molecule has 3 unspecified atom stereocenters. The fourth-order valence-corrected chi connectivity index (χ4v) is 10.0. The van der Waals surface area contributed by atoms with Crippen LogP contribution in [0, 0.1) is 0 Å². The minimum atomic E-state index is -4.72. The molecule has 0 saturated carbocycles. The van der Waals surface area contributed by atoms with E-state index >= 15 is 0 Å². The summed E-state index contributed by atoms with van der Waals surface area (Å²) in [4.78, 5) is 40.1. The number of quaternary nitrogens is 1. The van der Waals surface area contributed by atoms with Crippen molar-refractivity contribution in [2.24, 2.45) is 0 Å². The van der Waals surface area contributed by atoms with Crippen LogP contribution in [0.15, 0.2) is 97.2 Å². The summed E-state index contributed by atoms with van der Waals surface area (Å²) >= 11 is 0. The molecule has 0 aliphatic heterocycles. The number of carbonyl (C=O) groups excluding carboxylic acids is 2. The average molecular weight is 1150 g/mol. The van der Waals surface area contributed by atoms with Crippen LogP contribution in [0.3, 0.4) is 0 Å². The molecule has 81 heavy (non-hydrogen) atoms. The van der Waals surface area contributed by atoms with E-state index in [4.69, 9.17) is 13.8 Å². The second kappa shape index (κ2) is 60.1. The quantitative estimate of drug-likeness (QED) is 0.0212. The lowest BCUT2D eigenvalue weighted by Gasteiger charge is -2.30. The molecule has 0 aromatic carbocycles. The first-order valence-corrected chi connectivity index (χ1v) is 35.0. The zero-order valence-corrected chi connectivity index (χ0v) is 54.4. The summed E-state index contributed by atoms with van der Waals surface area (Å²) in [6.45, 7) is 6.78. The molecular weight excluding hydrogens is 1020 g/mol. The highest BCUT2D eigenvalue weighted by Crippen LogP contribution is 2.38. The Morgan fingerprint density at radius 3 is 1.16 bits per heavy atom. The van der Waals surface area contributed by atoms with E-state index in [1.165, 1.54) is 148 Å². The average Bonchev–Trinajstić information content (AvgIpc) is 3.44. The van der Waals surface area contributed by atoms with Crippen LogP contribution in [-0.2, 0) is 27.9 Å². The number of ether oxygens (including phenoxy) is 1. The predicted molar refractivity (Wildman–Crippen MR) is 348 cm³/mol. The first-order chi connectivity index (χ1) is 39.4. The van der Waals surface area contributed by atoms with Gasteiger partial charge in [0.2, 0.25) is 5.91 Å². The fourth-order valence-electron chi connectivity index (χ4n) is 9.28. The van der Waals surface area contributed by atoms with Gasteiger partial charge in [-0.1, -0.05) is 260 Å². The van der Waals surface area contributed by atoms with Gasteiger partial charge < -0.3 is 28.5 Å². The number of hydrogen-bond acceptors (Lipinski definition) is 7. The summed E-state index contributed by atoms with van der Waals surface area (Å²) in [5.41, 5.74) is 0. The molecule has 10 heteroatoms. The van der Waals surface area contributed by atoms with E-state index < -0.39 is 26.6 Å². The number of likely N-dealkylation sites (N-methyl/N-ethyl adjacent to an activating group) is 1. The second-order valence-electron chi connectivity index (χ2n) is 23.6. The molecular formula is C71H127N2O7P. The van der Waals surface area contributed by atoms with Gasteiger partial charge in [0, 0.05) is 12.8 Å². The Kier molecular flexibility index (Phi) is 57.8. The van der Waals surface area contributed by atoms with Crippen LogP contribution in [0.5, 0.6) is 0 Å². The van der Waals surface area contributed by atoms with E-state index in [9.17, 15) is 19.0 Å². The smallest absolute Gasteiger partial charge is 0.306 e. The monoisotopic (exact) mass is 1150 g/mol. The first-order valence-electron chi connectivity index (χ1n) is 33.5. The van der Waals surface area contributed by atoms with Gasteiger partial charge in [-0.05, 0) is 115 Å². The van der Waals surface area contributed by atoms with E-state index in [-0.39, 0.29) is 24.9 Å². The number of phosphoric ester groups is 1. The van der Waals surface area contributed by atoms with E-state index in [1.54, 1.807) is 0 Å². The number of nitrogens with one attached hydrogen (secondary N) is 1. The van der Waals surface area contributed by atoms with Crippen LogP contribution in [0.4, 0.5) is 0 Å². The number of nitrogens with zero attached hydrogens (tertiary/aromatic N) is 1. The van der Waals surface area contributed by atoms with Gasteiger partial charge in [0.15, 0.2) is 0 Å². The van der Waals surface area contributed by atoms with Crippen LogP contribution in [0.1, 0.15) is 290 Å². The van der Waals surface area contributed by atoms with Crippen molar-refractivity contribution in [1.29, 1.82) is 0 Å². The minimum Gasteiger partial charge on any atom is -0.756 e. The van der Waals surface area contributed by atoms with Gasteiger partial charge in [0.1, 0.15) is 19.3 Å². The van der Waals surface area contributed by atoms with Gasteiger partial charge in [-0.2, -0.15) is 0 Å². The summed E-state index contributed by atoms with van der Waals surface area (Å²) in [6, 6.07) is -0.910. The number of carbonyl (C=O) groups is 2. The highest BCUT2D eigenvalue weighted by molar-refractivity contribution is 7.45. The number of esters is 1. The Labute approximate surface area is 500 Å². The largest absolute Gasteiger partial charge is 0.756 e. The Morgan fingerprint density at radius 2 is 0.753 bits per heavy atom. The van der Waals surface area contributed by atoms with E-state index in [1.807, 2.05) is 33.3 Å². The van der Waals surface area contributed by atoms with E-state index in [2.05, 4.69) is 111 Å². The molecule has 0 rings (SSSR count). The van der Waals surface area contributed by atoms with Crippen molar-refractivity contribution in [3.63, 3.8) is 0 Å². The van der Waals surface area contributed by atoms with Crippen LogP contribution < -0.4 is 10.2 Å². The number of amides is 1. The third-order valence-corrected chi connectivity index (χ3v) is 15.5. The van der Waals surface area contributed by atoms with Gasteiger partial charge in [0.25, 0.3) is 7.82 Å². The minimum absolute atomic E-state index is 0.0324. The molecule has 1 amide bonds. The van der Waals surface area contributed by atoms with Gasteiger partial charge in [-0.3, -0.25) is 14.2 Å². The van der Waals surface area contributed by atoms with Crippen LogP contribution in [0.25, 0.3) is 0 Å². The van der Waals surface area contributed by atoms with Gasteiger partial charge >= 0.3 is 5.97 Å². The lowest BCUT2D eigenvalue weighted by Crippen LogP contribution is -2.47. The third kappa shape index (κ3) is 61.3. The number of rotatable bonds is 60. The molecule has 0 bridgehead atoms. The van der Waals surface area contributed by atoms with Crippen LogP contribution in [-0.4, -0.2) is 69.4 Å². The van der Waals surface area contributed by atoms with Crippen LogP contribution in [0.2, 0.25) is 0 Å². The molecule has 3 atom stereocenters. The summed E-state index contributed by atoms with van der Waals surface area (Å²) in [5.74, 6) is -0.580. The zero-order chi connectivity index (χ0) is 59.3. The lowest BCUT2D eigenvalue weighted by atomic mass is 10.0. The van der Waals surface area contributed by atoms with Crippen molar-refractivity contribution in [3.05, 3.63) is 97.2 Å². The third-order valence-electron chi connectivity index (χ3n) is 14.5. The topological polar surface area (TPSA) is 114 Å². The Balaban J connectivity index is 5.26. The molecule has 0 aromatic heterocycles. The standard InChI is InChI=1S/C71H127N2O7P/c1-7-10-13-16-19-22-25-28-30-32-34-35-36-37-39-40-42-45-48-51-54-57-60-63-70(74)72-68(67-79-81(76,77)78-66-65-73(4,5)6)69(62-59-56-53-50-47-44-27-24-21-18-15-12-9-3)80-71(75)64-61-58-55-52-49-46-43-41-38-33-31-29-26-23-20-17-14-11-8-2/h19-20,22-23,28-31,34-35,38,41,46,49,59,62,68-69H,7-18,21,24-27,32-33,36-37,39-40,42-45,47-48,50-58,60-61,63-67H2,1-6H3,(H-,72,74,76,77)/b22-19-,23-20-,30-28-,31-29-,35-34-,41-38-,49-46-,62-59-. The van der Waals surface area contributed by atoms with Gasteiger partial charge in [-0.25, -0.2) is 0 Å². The molecule has 0 radical (unpaired) electrons. The van der Waals surface area contributed by atoms with Crippen molar-refractivity contribution in [1.82, 2.24) is 5.32 Å². The molecule has 0 spiro atoms. The number of allylic oxidation sites excluding steroid dienone is 15. The first kappa shape index (κ1) is 77.9. The summed E-state index contributed by atoms with van der Waals surface area (Å²) in [5, 5.41) is 3.03. The van der Waals surface area contributed by atoms with Crippen molar-refractivity contribution >= 4 is 19.7 Å². The summed E-state index contributed by atoms with van der Waals surface area (Å²) < 4.78 is 30.4. The molecule has 1 N–H and O–H groups in total. The Morgan fingerprint density at radius 1 is 0.432 bits per heavy atom. The summed E-state index contributed by atoms with van der Waals surface area (Å²) in [6.07, 6.45) is 80.8. The molecule has 9 nitrogen and oxygen atoms in total. The number of hydrogen-bond donors (Lipinski definition) is 1. The van der Waals surface area contributed by atoms with Gasteiger partial charge in [0.05, 0.1) is 33.8 Å². The summed E-state index contributed by atoms with van der Waals surface area (Å²) in [7, 11) is 1.16.